The predicted molar refractivity (Wildman–Crippen MR) is 88.2 cm³/mol. The van der Waals surface area contributed by atoms with E-state index in [1.165, 1.54) is 0 Å². The van der Waals surface area contributed by atoms with Crippen LogP contribution in [0, 0.1) is 0 Å². The number of benzene rings is 1. The van der Waals surface area contributed by atoms with E-state index in [4.69, 9.17) is 5.84 Å². The number of nitrogens with zero attached hydrogens (tertiary/aromatic N) is 2. The van der Waals surface area contributed by atoms with E-state index < -0.39 is 0 Å². The minimum Gasteiger partial charge on any atom is -0.272 e. The van der Waals surface area contributed by atoms with Gasteiger partial charge in [0.25, 0.3) is 0 Å². The van der Waals surface area contributed by atoms with Crippen LogP contribution in [0.3, 0.4) is 0 Å². The van der Waals surface area contributed by atoms with Crippen molar-refractivity contribution in [2.75, 3.05) is 0 Å². The highest BCUT2D eigenvalue weighted by Crippen LogP contribution is 2.28. The number of nitrogens with one attached hydrogen (secondary N) is 1. The largest absolute Gasteiger partial charge is 0.272 e. The topological polar surface area (TPSA) is 55.9 Å². The highest BCUT2D eigenvalue weighted by Gasteiger charge is 2.16. The van der Waals surface area contributed by atoms with Gasteiger partial charge in [0.15, 0.2) is 0 Å². The van der Waals surface area contributed by atoms with Crippen molar-refractivity contribution in [3.8, 4) is 0 Å². The average molecular weight is 402 g/mol. The number of rotatable bonds is 5. The van der Waals surface area contributed by atoms with E-state index in [0.29, 0.717) is 0 Å². The van der Waals surface area contributed by atoms with Crippen molar-refractivity contribution >= 4 is 31.9 Å². The maximum absolute atomic E-state index is 5.75. The fraction of sp³-hybridized carbons (Fsp3) is 0.357. The van der Waals surface area contributed by atoms with E-state index in [-0.39, 0.29) is 6.04 Å². The summed E-state index contributed by atoms with van der Waals surface area (Å²) in [5.74, 6) is 5.75. The van der Waals surface area contributed by atoms with Crippen LogP contribution in [0.25, 0.3) is 0 Å². The van der Waals surface area contributed by atoms with Gasteiger partial charge in [0.1, 0.15) is 0 Å². The molecule has 108 valence electrons. The summed E-state index contributed by atoms with van der Waals surface area (Å²) >= 11 is 7.09. The van der Waals surface area contributed by atoms with Crippen molar-refractivity contribution in [1.29, 1.82) is 0 Å². The van der Waals surface area contributed by atoms with Crippen LogP contribution in [-0.2, 0) is 19.9 Å². The summed E-state index contributed by atoms with van der Waals surface area (Å²) in [5.41, 5.74) is 6.29. The second kappa shape index (κ2) is 6.85. The Hall–Kier alpha value is -0.690. The lowest BCUT2D eigenvalue weighted by molar-refractivity contribution is 0.528. The standard InChI is InChI=1S/C14H18Br2N4/c1-3-10-7-11(20(2)19-10)8-14(18-17)12-6-9(15)4-5-13(12)16/h4-7,14,18H,3,8,17H2,1-2H3. The smallest absolute Gasteiger partial charge is 0.0624 e. The maximum Gasteiger partial charge on any atom is 0.0624 e. The Morgan fingerprint density at radius 1 is 1.35 bits per heavy atom. The number of aryl methyl sites for hydroxylation is 2. The fourth-order valence-electron chi connectivity index (χ4n) is 2.18. The second-order valence-electron chi connectivity index (χ2n) is 4.69. The maximum atomic E-state index is 5.75. The summed E-state index contributed by atoms with van der Waals surface area (Å²) in [6.07, 6.45) is 1.73. The van der Waals surface area contributed by atoms with E-state index in [0.717, 1.165) is 38.7 Å². The Bertz CT molecular complexity index is 595. The first kappa shape index (κ1) is 15.7. The molecule has 0 aliphatic carbocycles. The quantitative estimate of drug-likeness (QED) is 0.597. The van der Waals surface area contributed by atoms with Gasteiger partial charge in [0.2, 0.25) is 0 Å². The number of hydrogen-bond donors (Lipinski definition) is 2. The first-order chi connectivity index (χ1) is 9.55. The van der Waals surface area contributed by atoms with Crippen LogP contribution >= 0.6 is 31.9 Å². The molecule has 0 aliphatic rings. The molecule has 0 aliphatic heterocycles. The Labute approximate surface area is 136 Å². The molecular weight excluding hydrogens is 384 g/mol. The van der Waals surface area contributed by atoms with Gasteiger partial charge in [-0.25, -0.2) is 0 Å². The van der Waals surface area contributed by atoms with Gasteiger partial charge in [-0.05, 0) is 36.2 Å². The Morgan fingerprint density at radius 2 is 2.10 bits per heavy atom. The molecule has 2 rings (SSSR count). The van der Waals surface area contributed by atoms with Gasteiger partial charge in [0.05, 0.1) is 11.7 Å². The molecule has 0 spiro atoms. The Balaban J connectivity index is 2.28. The van der Waals surface area contributed by atoms with Crippen molar-refractivity contribution in [1.82, 2.24) is 15.2 Å². The van der Waals surface area contributed by atoms with Crippen LogP contribution in [0.4, 0.5) is 0 Å². The van der Waals surface area contributed by atoms with E-state index in [1.54, 1.807) is 0 Å². The lowest BCUT2D eigenvalue weighted by atomic mass is 10.0. The van der Waals surface area contributed by atoms with Crippen LogP contribution in [0.15, 0.2) is 33.2 Å². The van der Waals surface area contributed by atoms with Crippen molar-refractivity contribution in [3.05, 3.63) is 50.2 Å². The monoisotopic (exact) mass is 400 g/mol. The fourth-order valence-corrected chi connectivity index (χ4v) is 3.09. The summed E-state index contributed by atoms with van der Waals surface area (Å²) in [6, 6.07) is 8.26. The molecule has 1 heterocycles. The third kappa shape index (κ3) is 3.49. The molecule has 0 amide bonds. The zero-order valence-corrected chi connectivity index (χ0v) is 14.7. The van der Waals surface area contributed by atoms with Crippen LogP contribution in [-0.4, -0.2) is 9.78 Å². The van der Waals surface area contributed by atoms with Crippen molar-refractivity contribution in [3.63, 3.8) is 0 Å². The second-order valence-corrected chi connectivity index (χ2v) is 6.46. The van der Waals surface area contributed by atoms with E-state index in [1.807, 2.05) is 23.9 Å². The zero-order chi connectivity index (χ0) is 14.7. The molecule has 0 saturated carbocycles. The minimum atomic E-state index is 0.0296. The predicted octanol–water partition coefficient (Wildman–Crippen LogP) is 3.25. The number of aromatic nitrogens is 2. The molecule has 4 nitrogen and oxygen atoms in total. The van der Waals surface area contributed by atoms with Gasteiger partial charge >= 0.3 is 0 Å². The van der Waals surface area contributed by atoms with Crippen LogP contribution in [0.2, 0.25) is 0 Å². The van der Waals surface area contributed by atoms with Gasteiger partial charge < -0.3 is 0 Å². The van der Waals surface area contributed by atoms with Crippen LogP contribution in [0.1, 0.15) is 29.9 Å². The zero-order valence-electron chi connectivity index (χ0n) is 11.5. The first-order valence-electron chi connectivity index (χ1n) is 6.48. The summed E-state index contributed by atoms with van der Waals surface area (Å²) in [5, 5.41) is 4.48. The summed E-state index contributed by atoms with van der Waals surface area (Å²) in [7, 11) is 1.97. The van der Waals surface area contributed by atoms with Crippen LogP contribution < -0.4 is 11.3 Å². The molecule has 0 bridgehead atoms. The molecule has 0 radical (unpaired) electrons. The molecule has 20 heavy (non-hydrogen) atoms. The van der Waals surface area contributed by atoms with Gasteiger partial charge in [-0.15, -0.1) is 0 Å². The molecule has 6 heteroatoms. The summed E-state index contributed by atoms with van der Waals surface area (Å²) < 4.78 is 4.01. The van der Waals surface area contributed by atoms with Crippen LogP contribution in [0.5, 0.6) is 0 Å². The SMILES string of the molecule is CCc1cc(CC(NN)c2cc(Br)ccc2Br)n(C)n1. The number of hydrazine groups is 1. The molecule has 1 aromatic carbocycles. The molecule has 0 saturated heterocycles. The van der Waals surface area contributed by atoms with Crippen molar-refractivity contribution in [2.45, 2.75) is 25.8 Å². The van der Waals surface area contributed by atoms with E-state index in [9.17, 15) is 0 Å². The first-order valence-corrected chi connectivity index (χ1v) is 8.06. The molecule has 3 N–H and O–H groups in total. The molecule has 2 aromatic rings. The number of nitrogens with two attached hydrogens (primary N) is 1. The molecule has 1 aromatic heterocycles. The number of halogens is 2. The van der Waals surface area contributed by atoms with E-state index in [2.05, 4.69) is 61.4 Å². The molecular formula is C14H18Br2N4. The average Bonchev–Trinajstić information content (AvgIpc) is 2.79. The normalized spacial score (nSPS) is 12.7. The lowest BCUT2D eigenvalue weighted by Crippen LogP contribution is -2.30. The van der Waals surface area contributed by atoms with Gasteiger partial charge in [-0.2, -0.15) is 5.10 Å². The third-order valence-electron chi connectivity index (χ3n) is 3.34. The third-order valence-corrected chi connectivity index (χ3v) is 4.55. The van der Waals surface area contributed by atoms with Crippen molar-refractivity contribution < 1.29 is 0 Å². The lowest BCUT2D eigenvalue weighted by Gasteiger charge is -2.18. The van der Waals surface area contributed by atoms with Gasteiger partial charge in [-0.3, -0.25) is 16.0 Å². The highest BCUT2D eigenvalue weighted by atomic mass is 79.9. The Morgan fingerprint density at radius 3 is 2.70 bits per heavy atom. The summed E-state index contributed by atoms with van der Waals surface area (Å²) in [6.45, 7) is 2.11. The number of hydrogen-bond acceptors (Lipinski definition) is 3. The van der Waals surface area contributed by atoms with Gasteiger partial charge in [-0.1, -0.05) is 38.8 Å². The highest BCUT2D eigenvalue weighted by molar-refractivity contribution is 9.11. The minimum absolute atomic E-state index is 0.0296. The summed E-state index contributed by atoms with van der Waals surface area (Å²) in [4.78, 5) is 0. The van der Waals surface area contributed by atoms with Gasteiger partial charge in [0, 0.05) is 28.1 Å². The molecule has 1 unspecified atom stereocenters. The Kier molecular flexibility index (Phi) is 5.37. The molecule has 1 atom stereocenters. The molecule has 0 fully saturated rings. The van der Waals surface area contributed by atoms with Crippen molar-refractivity contribution in [2.24, 2.45) is 12.9 Å². The van der Waals surface area contributed by atoms with E-state index >= 15 is 0 Å².